The number of ether oxygens (including phenoxy) is 1. The molecule has 8 heteroatoms. The summed E-state index contributed by atoms with van der Waals surface area (Å²) >= 11 is 0. The largest absolute Gasteiger partial charge is 0.468 e. The zero-order chi connectivity index (χ0) is 16.7. The van der Waals surface area contributed by atoms with Crippen LogP contribution in [-0.4, -0.2) is 22.6 Å². The van der Waals surface area contributed by atoms with E-state index in [4.69, 9.17) is 0 Å². The van der Waals surface area contributed by atoms with Crippen molar-refractivity contribution in [2.24, 2.45) is 0 Å². The third kappa shape index (κ3) is 2.81. The summed E-state index contributed by atoms with van der Waals surface area (Å²) in [5.41, 5.74) is -1.55. The maximum Gasteiger partial charge on any atom is 0.416 e. The number of esters is 1. The number of hydrogen-bond donors (Lipinski definition) is 0. The van der Waals surface area contributed by atoms with Gasteiger partial charge in [0.2, 0.25) is 0 Å². The molecule has 1 aromatic heterocycles. The molecule has 0 bridgehead atoms. The topological polar surface area (TPSA) is 61.2 Å². The van der Waals surface area contributed by atoms with Gasteiger partial charge < -0.3 is 4.74 Å². The molecular weight excluding hydrogens is 301 g/mol. The van der Waals surface area contributed by atoms with Crippen LogP contribution in [0.5, 0.6) is 0 Å². The van der Waals surface area contributed by atoms with Gasteiger partial charge in [-0.25, -0.2) is 4.98 Å². The van der Waals surface area contributed by atoms with Crippen molar-refractivity contribution in [1.82, 2.24) is 9.55 Å². The molecule has 0 amide bonds. The van der Waals surface area contributed by atoms with Crippen LogP contribution < -0.4 is 5.56 Å². The summed E-state index contributed by atoms with van der Waals surface area (Å²) in [4.78, 5) is 27.7. The molecule has 5 nitrogen and oxygen atoms in total. The van der Waals surface area contributed by atoms with E-state index in [0.717, 1.165) is 16.7 Å². The second kappa shape index (κ2) is 5.43. The Hall–Kier alpha value is -2.38. The highest BCUT2D eigenvalue weighted by molar-refractivity contribution is 5.80. The summed E-state index contributed by atoms with van der Waals surface area (Å²) in [6, 6.07) is 1.99. The first-order valence-electron chi connectivity index (χ1n) is 6.31. The summed E-state index contributed by atoms with van der Waals surface area (Å²) < 4.78 is 44.3. The number of rotatable bonds is 2. The van der Waals surface area contributed by atoms with E-state index in [-0.39, 0.29) is 28.8 Å². The van der Waals surface area contributed by atoms with Gasteiger partial charge >= 0.3 is 12.1 Å². The number of nitrogens with zero attached hydrogens (tertiary/aromatic N) is 2. The van der Waals surface area contributed by atoms with Crippen molar-refractivity contribution >= 4 is 16.9 Å². The monoisotopic (exact) mass is 314 g/mol. The molecule has 0 atom stereocenters. The van der Waals surface area contributed by atoms with Crippen molar-refractivity contribution in [3.63, 3.8) is 0 Å². The Kier molecular flexibility index (Phi) is 3.95. The first kappa shape index (κ1) is 16.0. The lowest BCUT2D eigenvalue weighted by atomic mass is 10.1. The highest BCUT2D eigenvalue weighted by Crippen LogP contribution is 2.33. The van der Waals surface area contributed by atoms with Crippen molar-refractivity contribution < 1.29 is 22.7 Å². The number of carbonyl (C=O) groups excluding carboxylic acids is 1. The quantitative estimate of drug-likeness (QED) is 0.797. The fraction of sp³-hybridized carbons (Fsp3) is 0.357. The average Bonchev–Trinajstić information content (AvgIpc) is 2.42. The number of carbonyl (C=O) groups is 1. The molecule has 0 unspecified atom stereocenters. The first-order valence-corrected chi connectivity index (χ1v) is 6.31. The molecule has 0 fully saturated rings. The standard InChI is InChI=1S/C14H13F3N2O3/c1-7-4-9-11(5-10(7)14(15,16)17)18-8(2)19(13(9)21)6-12(20)22-3/h4-5H,6H2,1-3H3. The van der Waals surface area contributed by atoms with Crippen molar-refractivity contribution in [3.8, 4) is 0 Å². The number of aryl methyl sites for hydroxylation is 2. The molecule has 2 rings (SSSR count). The van der Waals surface area contributed by atoms with Crippen LogP contribution in [0.1, 0.15) is 17.0 Å². The van der Waals surface area contributed by atoms with E-state index in [1.165, 1.54) is 21.0 Å². The van der Waals surface area contributed by atoms with Crippen LogP contribution in [0.25, 0.3) is 10.9 Å². The minimum Gasteiger partial charge on any atom is -0.468 e. The number of hydrogen-bond acceptors (Lipinski definition) is 4. The number of halogens is 3. The molecule has 1 heterocycles. The Morgan fingerprint density at radius 1 is 1.32 bits per heavy atom. The van der Waals surface area contributed by atoms with Crippen LogP contribution in [0.15, 0.2) is 16.9 Å². The lowest BCUT2D eigenvalue weighted by Crippen LogP contribution is -2.28. The van der Waals surface area contributed by atoms with Crippen LogP contribution in [-0.2, 0) is 22.3 Å². The van der Waals surface area contributed by atoms with Gasteiger partial charge in [-0.05, 0) is 31.5 Å². The normalized spacial score (nSPS) is 11.7. The number of fused-ring (bicyclic) bond motifs is 1. The van der Waals surface area contributed by atoms with E-state index in [9.17, 15) is 22.8 Å². The third-order valence-corrected chi connectivity index (χ3v) is 3.31. The SMILES string of the molecule is COC(=O)Cn1c(C)nc2cc(C(F)(F)F)c(C)cc2c1=O. The average molecular weight is 314 g/mol. The van der Waals surface area contributed by atoms with Crippen molar-refractivity contribution in [3.05, 3.63) is 39.4 Å². The number of methoxy groups -OCH3 is 1. The maximum atomic E-state index is 12.9. The Balaban J connectivity index is 2.72. The van der Waals surface area contributed by atoms with Gasteiger partial charge in [0.15, 0.2) is 0 Å². The van der Waals surface area contributed by atoms with E-state index in [1.54, 1.807) is 0 Å². The second-order valence-corrected chi connectivity index (χ2v) is 4.81. The van der Waals surface area contributed by atoms with Crippen LogP contribution in [0.3, 0.4) is 0 Å². The van der Waals surface area contributed by atoms with Gasteiger partial charge in [0.1, 0.15) is 12.4 Å². The molecule has 0 N–H and O–H groups in total. The van der Waals surface area contributed by atoms with Crippen molar-refractivity contribution in [2.45, 2.75) is 26.6 Å². The molecule has 0 radical (unpaired) electrons. The zero-order valence-corrected chi connectivity index (χ0v) is 12.1. The minimum absolute atomic E-state index is 0.0278. The minimum atomic E-state index is -4.52. The molecule has 2 aromatic rings. The van der Waals surface area contributed by atoms with Crippen LogP contribution in [0.2, 0.25) is 0 Å². The van der Waals surface area contributed by atoms with Gasteiger partial charge in [-0.3, -0.25) is 14.2 Å². The molecule has 0 saturated carbocycles. The van der Waals surface area contributed by atoms with Crippen LogP contribution >= 0.6 is 0 Å². The van der Waals surface area contributed by atoms with E-state index in [0.29, 0.717) is 0 Å². The Bertz CT molecular complexity index is 810. The molecule has 1 aromatic carbocycles. The first-order chi connectivity index (χ1) is 10.1. The molecule has 0 aliphatic carbocycles. The Morgan fingerprint density at radius 3 is 2.50 bits per heavy atom. The van der Waals surface area contributed by atoms with Gasteiger partial charge in [0, 0.05) is 0 Å². The summed E-state index contributed by atoms with van der Waals surface area (Å²) in [5, 5.41) is 0.0278. The highest BCUT2D eigenvalue weighted by Gasteiger charge is 2.33. The van der Waals surface area contributed by atoms with Crippen molar-refractivity contribution in [2.75, 3.05) is 7.11 Å². The smallest absolute Gasteiger partial charge is 0.416 e. The lowest BCUT2D eigenvalue weighted by molar-refractivity contribution is -0.141. The molecule has 0 spiro atoms. The molecule has 118 valence electrons. The molecule has 0 aliphatic heterocycles. The van der Waals surface area contributed by atoms with E-state index in [2.05, 4.69) is 9.72 Å². The molecule has 0 aliphatic rings. The summed E-state index contributed by atoms with van der Waals surface area (Å²) in [7, 11) is 1.18. The van der Waals surface area contributed by atoms with Gasteiger partial charge in [-0.15, -0.1) is 0 Å². The molecule has 0 saturated heterocycles. The predicted molar refractivity (Wildman–Crippen MR) is 72.5 cm³/mol. The van der Waals surface area contributed by atoms with Crippen LogP contribution in [0, 0.1) is 13.8 Å². The summed E-state index contributed by atoms with van der Waals surface area (Å²) in [6.07, 6.45) is -4.52. The maximum absolute atomic E-state index is 12.9. The Labute approximate surface area is 123 Å². The van der Waals surface area contributed by atoms with Gasteiger partial charge in [-0.1, -0.05) is 0 Å². The van der Waals surface area contributed by atoms with Gasteiger partial charge in [0.05, 0.1) is 23.6 Å². The third-order valence-electron chi connectivity index (χ3n) is 3.31. The zero-order valence-electron chi connectivity index (χ0n) is 12.1. The van der Waals surface area contributed by atoms with E-state index < -0.39 is 23.3 Å². The number of aromatic nitrogens is 2. The van der Waals surface area contributed by atoms with Gasteiger partial charge in [-0.2, -0.15) is 13.2 Å². The fourth-order valence-corrected chi connectivity index (χ4v) is 2.17. The predicted octanol–water partition coefficient (Wildman–Crippen LogP) is 2.21. The summed E-state index contributed by atoms with van der Waals surface area (Å²) in [5.74, 6) is -0.505. The van der Waals surface area contributed by atoms with Gasteiger partial charge in [0.25, 0.3) is 5.56 Å². The lowest BCUT2D eigenvalue weighted by Gasteiger charge is -2.13. The molecule has 22 heavy (non-hydrogen) atoms. The van der Waals surface area contributed by atoms with E-state index >= 15 is 0 Å². The molecular formula is C14H13F3N2O3. The number of alkyl halides is 3. The van der Waals surface area contributed by atoms with Crippen molar-refractivity contribution in [1.29, 1.82) is 0 Å². The summed E-state index contributed by atoms with van der Waals surface area (Å²) in [6.45, 7) is 2.37. The van der Waals surface area contributed by atoms with Crippen LogP contribution in [0.4, 0.5) is 13.2 Å². The van der Waals surface area contributed by atoms with E-state index in [1.807, 2.05) is 0 Å². The number of benzene rings is 1. The highest BCUT2D eigenvalue weighted by atomic mass is 19.4. The Morgan fingerprint density at radius 2 is 1.95 bits per heavy atom. The fourth-order valence-electron chi connectivity index (χ4n) is 2.17. The second-order valence-electron chi connectivity index (χ2n) is 4.81.